The Bertz CT molecular complexity index is 934. The molecule has 0 N–H and O–H groups in total. The summed E-state index contributed by atoms with van der Waals surface area (Å²) in [5.74, 6) is -1.43. The quantitative estimate of drug-likeness (QED) is 0.455. The highest BCUT2D eigenvalue weighted by Gasteiger charge is 2.53. The summed E-state index contributed by atoms with van der Waals surface area (Å²) in [4.78, 5) is 25.9. The Hall–Kier alpha value is -2.01. The molecule has 1 aliphatic rings. The maximum absolute atomic E-state index is 13.3. The Morgan fingerprint density at radius 1 is 1.00 bits per heavy atom. The van der Waals surface area contributed by atoms with E-state index in [1.165, 1.54) is 19.9 Å². The van der Waals surface area contributed by atoms with E-state index < -0.39 is 26.9 Å². The average molecular weight is 454 g/mol. The first-order valence-electron chi connectivity index (χ1n) is 8.90. The van der Waals surface area contributed by atoms with E-state index in [0.29, 0.717) is 17.6 Å². The van der Waals surface area contributed by atoms with Crippen LogP contribution in [0.25, 0.3) is 0 Å². The number of carbonyl (C=O) groups is 2. The fraction of sp³-hybridized carbons (Fsp3) is 0.273. The molecular weight excluding hydrogens is 435 g/mol. The van der Waals surface area contributed by atoms with Crippen LogP contribution in [0.15, 0.2) is 72.3 Å². The van der Waals surface area contributed by atoms with Gasteiger partial charge in [0, 0.05) is 17.6 Å². The number of ether oxygens (including phenoxy) is 2. The first-order valence-corrected chi connectivity index (χ1v) is 10.0. The summed E-state index contributed by atoms with van der Waals surface area (Å²) in [5, 5.41) is 0. The summed E-state index contributed by atoms with van der Waals surface area (Å²) < 4.78 is 9.26. The number of alkyl halides is 3. The maximum atomic E-state index is 13.3. The highest BCUT2D eigenvalue weighted by Crippen LogP contribution is 2.44. The van der Waals surface area contributed by atoms with Gasteiger partial charge in [-0.25, -0.2) is 9.59 Å². The van der Waals surface area contributed by atoms with Crippen molar-refractivity contribution < 1.29 is 19.1 Å². The third-order valence-corrected chi connectivity index (χ3v) is 6.03. The van der Waals surface area contributed by atoms with Crippen LogP contribution < -0.4 is 0 Å². The monoisotopic (exact) mass is 452 g/mol. The molecule has 1 atom stereocenters. The number of halogens is 3. The summed E-state index contributed by atoms with van der Waals surface area (Å²) in [6, 6.07) is 18.0. The van der Waals surface area contributed by atoms with E-state index in [2.05, 4.69) is 0 Å². The van der Waals surface area contributed by atoms with Crippen LogP contribution in [-0.2, 0) is 31.1 Å². The molecule has 0 radical (unpaired) electrons. The molecule has 0 aliphatic carbocycles. The van der Waals surface area contributed by atoms with Gasteiger partial charge >= 0.3 is 11.9 Å². The van der Waals surface area contributed by atoms with Crippen LogP contribution in [0.2, 0.25) is 0 Å². The van der Waals surface area contributed by atoms with E-state index in [9.17, 15) is 9.59 Å². The molecule has 152 valence electrons. The van der Waals surface area contributed by atoms with Gasteiger partial charge in [-0.2, -0.15) is 0 Å². The second kappa shape index (κ2) is 8.02. The second-order valence-electron chi connectivity index (χ2n) is 7.22. The largest absolute Gasteiger partial charge is 0.452 e. The molecule has 7 heteroatoms. The zero-order valence-electron chi connectivity index (χ0n) is 15.8. The van der Waals surface area contributed by atoms with Crippen LogP contribution in [0.1, 0.15) is 25.0 Å². The zero-order valence-corrected chi connectivity index (χ0v) is 18.1. The van der Waals surface area contributed by atoms with Crippen LogP contribution >= 0.6 is 34.8 Å². The summed E-state index contributed by atoms with van der Waals surface area (Å²) in [6.45, 7) is 2.95. The average Bonchev–Trinajstić information content (AvgIpc) is 3.00. The molecule has 2 aromatic carbocycles. The Morgan fingerprint density at radius 2 is 1.55 bits per heavy atom. The van der Waals surface area contributed by atoms with Gasteiger partial charge in [0.15, 0.2) is 5.60 Å². The molecular formula is C22H19Cl3O4. The van der Waals surface area contributed by atoms with Crippen LogP contribution in [0.5, 0.6) is 0 Å². The second-order valence-corrected chi connectivity index (χ2v) is 9.50. The van der Waals surface area contributed by atoms with Crippen molar-refractivity contribution in [2.24, 2.45) is 0 Å². The van der Waals surface area contributed by atoms with Crippen molar-refractivity contribution in [3.8, 4) is 0 Å². The fourth-order valence-corrected chi connectivity index (χ4v) is 3.01. The minimum Gasteiger partial charge on any atom is -0.452 e. The molecule has 1 heterocycles. The van der Waals surface area contributed by atoms with Gasteiger partial charge in [0.1, 0.15) is 0 Å². The van der Waals surface area contributed by atoms with Gasteiger partial charge in [-0.3, -0.25) is 0 Å². The Balaban J connectivity index is 2.02. The number of carbonyl (C=O) groups excluding carboxylic acids is 2. The molecule has 1 aliphatic heterocycles. The van der Waals surface area contributed by atoms with Gasteiger partial charge in [-0.1, -0.05) is 95.5 Å². The van der Waals surface area contributed by atoms with Crippen molar-refractivity contribution in [3.05, 3.63) is 83.4 Å². The van der Waals surface area contributed by atoms with Gasteiger partial charge in [0.2, 0.25) is 3.79 Å². The fourth-order valence-electron chi connectivity index (χ4n) is 2.90. The van der Waals surface area contributed by atoms with Crippen molar-refractivity contribution in [2.75, 3.05) is 0 Å². The van der Waals surface area contributed by atoms with E-state index in [1.807, 2.05) is 30.3 Å². The minimum atomic E-state index is -1.88. The SMILES string of the molecule is CC(C)(OC(=O)C1(c2ccccc2)C=C(Cc2ccccc2)C(=O)O1)C(Cl)(Cl)Cl. The third kappa shape index (κ3) is 4.45. The van der Waals surface area contributed by atoms with Gasteiger partial charge in [-0.15, -0.1) is 0 Å². The molecule has 0 spiro atoms. The predicted molar refractivity (Wildman–Crippen MR) is 113 cm³/mol. The van der Waals surface area contributed by atoms with Gasteiger partial charge in [-0.05, 0) is 25.5 Å². The van der Waals surface area contributed by atoms with Crippen LogP contribution in [-0.4, -0.2) is 21.3 Å². The Morgan fingerprint density at radius 3 is 2.10 bits per heavy atom. The number of rotatable bonds is 5. The number of cyclic esters (lactones) is 1. The van der Waals surface area contributed by atoms with Crippen molar-refractivity contribution in [1.82, 2.24) is 0 Å². The molecule has 0 saturated carbocycles. The van der Waals surface area contributed by atoms with E-state index in [0.717, 1.165) is 5.56 Å². The van der Waals surface area contributed by atoms with Crippen molar-refractivity contribution in [2.45, 2.75) is 35.3 Å². The van der Waals surface area contributed by atoms with Crippen molar-refractivity contribution in [1.29, 1.82) is 0 Å². The Labute approximate surface area is 184 Å². The van der Waals surface area contributed by atoms with Crippen LogP contribution in [0, 0.1) is 0 Å². The third-order valence-electron chi connectivity index (χ3n) is 4.67. The molecule has 0 aromatic heterocycles. The van der Waals surface area contributed by atoms with E-state index >= 15 is 0 Å². The number of benzene rings is 2. The number of hydrogen-bond donors (Lipinski definition) is 0. The van der Waals surface area contributed by atoms with Crippen molar-refractivity contribution in [3.63, 3.8) is 0 Å². The smallest absolute Gasteiger partial charge is 0.360 e. The normalized spacial score (nSPS) is 19.5. The van der Waals surface area contributed by atoms with Gasteiger partial charge in [0.25, 0.3) is 5.60 Å². The maximum Gasteiger partial charge on any atom is 0.360 e. The molecule has 0 saturated heterocycles. The minimum absolute atomic E-state index is 0.315. The molecule has 2 aromatic rings. The highest BCUT2D eigenvalue weighted by atomic mass is 35.6. The van der Waals surface area contributed by atoms with E-state index in [4.69, 9.17) is 44.3 Å². The summed E-state index contributed by atoms with van der Waals surface area (Å²) in [7, 11) is 0. The van der Waals surface area contributed by atoms with Crippen LogP contribution in [0.3, 0.4) is 0 Å². The summed E-state index contributed by atoms with van der Waals surface area (Å²) in [5.41, 5.74) is -1.51. The first kappa shape index (κ1) is 21.7. The van der Waals surface area contributed by atoms with Crippen molar-refractivity contribution >= 4 is 46.7 Å². The molecule has 3 rings (SSSR count). The lowest BCUT2D eigenvalue weighted by Crippen LogP contribution is -2.47. The molecule has 1 unspecified atom stereocenters. The lowest BCUT2D eigenvalue weighted by atomic mass is 9.91. The molecule has 0 fully saturated rings. The lowest BCUT2D eigenvalue weighted by Gasteiger charge is -2.35. The highest BCUT2D eigenvalue weighted by molar-refractivity contribution is 6.68. The molecule has 4 nitrogen and oxygen atoms in total. The summed E-state index contributed by atoms with van der Waals surface area (Å²) in [6.07, 6.45) is 1.81. The lowest BCUT2D eigenvalue weighted by molar-refractivity contribution is -0.182. The predicted octanol–water partition coefficient (Wildman–Crippen LogP) is 5.30. The van der Waals surface area contributed by atoms with Gasteiger partial charge < -0.3 is 9.47 Å². The van der Waals surface area contributed by atoms with E-state index in [1.54, 1.807) is 30.3 Å². The molecule has 0 bridgehead atoms. The topological polar surface area (TPSA) is 52.6 Å². The summed E-state index contributed by atoms with van der Waals surface area (Å²) >= 11 is 17.9. The molecule has 0 amide bonds. The van der Waals surface area contributed by atoms with E-state index in [-0.39, 0.29) is 0 Å². The first-order chi connectivity index (χ1) is 13.6. The standard InChI is InChI=1S/C22H19Cl3O4/c1-20(2,22(23,24)25)29-19(27)21(17-11-7-4-8-12-17)14-16(18(26)28-21)13-15-9-5-3-6-10-15/h3-12,14H,13H2,1-2H3. The number of esters is 2. The number of hydrogen-bond acceptors (Lipinski definition) is 4. The van der Waals surface area contributed by atoms with Crippen LogP contribution in [0.4, 0.5) is 0 Å². The van der Waals surface area contributed by atoms with Gasteiger partial charge in [0.05, 0.1) is 0 Å². The molecule has 29 heavy (non-hydrogen) atoms. The zero-order chi connectivity index (χ0) is 21.3. The Kier molecular flexibility index (Phi) is 6.00.